The van der Waals surface area contributed by atoms with Crippen LogP contribution in [0.3, 0.4) is 0 Å². The maximum atomic E-state index is 4.18. The Labute approximate surface area is 680 Å². The quantitative estimate of drug-likeness (QED) is 0.140. The smallest absolute Gasteiger partial charge is 0.159 e. The predicted octanol–water partition coefficient (Wildman–Crippen LogP) is 30.7. The summed E-state index contributed by atoms with van der Waals surface area (Å²) >= 11 is 0. The van der Waals surface area contributed by atoms with Gasteiger partial charge in [-0.3, -0.25) is 39.9 Å². The Morgan fingerprint density at radius 2 is 0.312 bits per heavy atom. The van der Waals surface area contributed by atoms with Crippen LogP contribution in [0.15, 0.2) is 305 Å². The SMILES string of the molecule is CC.CC.CC.CC.CC.CC.CC.CC.CC.CC.CC.CC.CC.CC.CC.CC.c1ccc2ncccc2c1.c1ccc2ncccc2c1.c1ccc2ncncc2c1.c1cnc2cccnc2c1.c1cnc2cccnc2c1.c1cnc2ccncc2c1.c1cnc2ncccc2c1.c1cnc2ncccc2c1. The van der Waals surface area contributed by atoms with E-state index in [2.05, 4.69) is 94.0 Å². The first-order valence-electron chi connectivity index (χ1n) is 41.3. The molecule has 14 nitrogen and oxygen atoms in total. The lowest BCUT2D eigenvalue weighted by molar-refractivity contribution is 1.22. The number of fused-ring (bicyclic) bond motifs is 8. The van der Waals surface area contributed by atoms with E-state index in [1.54, 1.807) is 68.3 Å². The molecule has 112 heavy (non-hydrogen) atoms. The molecule has 0 amide bonds. The Kier molecular flexibility index (Phi) is 99.5. The Morgan fingerprint density at radius 1 is 0.134 bits per heavy atom. The van der Waals surface area contributed by atoms with Crippen molar-refractivity contribution in [3.8, 4) is 0 Å². The zero-order valence-electron chi connectivity index (χ0n) is 75.1. The standard InChI is InChI=1S/2C9H7N.6C8H6N2.16C2H6/c2*1-2-6-9-8(4-1)5-3-7-10-9;2*1-3-7-8(9-5-1)4-2-6-10-7;2*1-3-7-4-2-6-10-8(7)9-5-1;1-2-7-6-9-5-3-8(7)10-4-1;1-2-4-8-7(3-1)5-9-6-10-8;16*1-2/h2*1-7H;6*1-6H;16*1-2H3. The molecule has 608 valence electrons. The molecule has 3 aromatic carbocycles. The van der Waals surface area contributed by atoms with Crippen LogP contribution in [0, 0.1) is 0 Å². The summed E-state index contributed by atoms with van der Waals surface area (Å²) in [5.41, 5.74) is 9.53. The first-order chi connectivity index (χ1) is 55.7. The fourth-order valence-corrected chi connectivity index (χ4v) is 7.49. The molecular weight excluding hydrogens is 1370 g/mol. The molecule has 16 rings (SSSR count). The first kappa shape index (κ1) is 116. The number of benzene rings is 3. The van der Waals surface area contributed by atoms with E-state index in [0.29, 0.717) is 0 Å². The second kappa shape index (κ2) is 95.7. The molecular formula is C98H146N14. The second-order valence-electron chi connectivity index (χ2n) is 16.7. The molecule has 0 aliphatic rings. The average Bonchev–Trinajstić information content (AvgIpc) is 0.951. The first-order valence-corrected chi connectivity index (χ1v) is 41.3. The Bertz CT molecular complexity index is 3080. The van der Waals surface area contributed by atoms with Crippen LogP contribution in [0.4, 0.5) is 0 Å². The maximum Gasteiger partial charge on any atom is 0.159 e. The van der Waals surface area contributed by atoms with Crippen LogP contribution in [-0.2, 0) is 0 Å². The highest BCUT2D eigenvalue weighted by molar-refractivity contribution is 5.80. The number of rotatable bonds is 0. The lowest BCUT2D eigenvalue weighted by Gasteiger charge is -1.91. The third-order valence-electron chi connectivity index (χ3n) is 11.3. The van der Waals surface area contributed by atoms with Crippen LogP contribution in [0.25, 0.3) is 87.7 Å². The molecule has 13 aromatic heterocycles. The normalized spacial score (nSPS) is 8.00. The van der Waals surface area contributed by atoms with E-state index in [0.717, 1.165) is 77.0 Å². The van der Waals surface area contributed by atoms with Crippen molar-refractivity contribution < 1.29 is 0 Å². The van der Waals surface area contributed by atoms with Gasteiger partial charge in [0.05, 0.1) is 44.1 Å². The minimum absolute atomic E-state index is 0.810. The minimum atomic E-state index is 0.810. The fraction of sp³-hybridized carbons (Fsp3) is 0.327. The van der Waals surface area contributed by atoms with Gasteiger partial charge in [0, 0.05) is 119 Å². The minimum Gasteiger partial charge on any atom is -0.264 e. The summed E-state index contributed by atoms with van der Waals surface area (Å²) in [7, 11) is 0. The van der Waals surface area contributed by atoms with Crippen LogP contribution < -0.4 is 0 Å². The highest BCUT2D eigenvalue weighted by Crippen LogP contribution is 2.12. The molecule has 0 spiro atoms. The van der Waals surface area contributed by atoms with Crippen LogP contribution >= 0.6 is 0 Å². The molecule has 0 fully saturated rings. The van der Waals surface area contributed by atoms with E-state index in [9.17, 15) is 0 Å². The lowest BCUT2D eigenvalue weighted by atomic mass is 10.2. The number of nitrogens with zero attached hydrogens (tertiary/aromatic N) is 14. The summed E-state index contributed by atoms with van der Waals surface area (Å²) in [4.78, 5) is 57.2. The summed E-state index contributed by atoms with van der Waals surface area (Å²) in [5, 5.41) is 6.75. The molecule has 0 atom stereocenters. The Hall–Kier alpha value is -11.4. The zero-order chi connectivity index (χ0) is 86.5. The van der Waals surface area contributed by atoms with Gasteiger partial charge in [0.15, 0.2) is 11.3 Å². The average molecular weight is 1520 g/mol. The van der Waals surface area contributed by atoms with Crippen molar-refractivity contribution in [2.24, 2.45) is 0 Å². The topological polar surface area (TPSA) is 180 Å². The Balaban J connectivity index is -0.000000175. The third-order valence-corrected chi connectivity index (χ3v) is 11.3. The van der Waals surface area contributed by atoms with Gasteiger partial charge in [-0.25, -0.2) is 29.9 Å². The van der Waals surface area contributed by atoms with Gasteiger partial charge in [0.1, 0.15) is 6.33 Å². The third kappa shape index (κ3) is 53.4. The molecule has 0 N–H and O–H groups in total. The largest absolute Gasteiger partial charge is 0.264 e. The van der Waals surface area contributed by atoms with Gasteiger partial charge in [-0.15, -0.1) is 0 Å². The highest BCUT2D eigenvalue weighted by Gasteiger charge is 1.94. The van der Waals surface area contributed by atoms with Crippen LogP contribution in [0.5, 0.6) is 0 Å². The van der Waals surface area contributed by atoms with Gasteiger partial charge in [0.2, 0.25) is 0 Å². The molecule has 0 aliphatic heterocycles. The zero-order valence-corrected chi connectivity index (χ0v) is 75.1. The summed E-state index contributed by atoms with van der Waals surface area (Å²) in [6.07, 6.45) is 26.4. The van der Waals surface area contributed by atoms with Gasteiger partial charge in [-0.1, -0.05) is 288 Å². The fourth-order valence-electron chi connectivity index (χ4n) is 7.49. The van der Waals surface area contributed by atoms with Crippen LogP contribution in [-0.4, -0.2) is 69.8 Å². The van der Waals surface area contributed by atoms with Gasteiger partial charge in [0.25, 0.3) is 0 Å². The molecule has 14 heteroatoms. The lowest BCUT2D eigenvalue weighted by Crippen LogP contribution is -1.78. The summed E-state index contributed by atoms with van der Waals surface area (Å²) in [6, 6.07) is 68.8. The molecule has 13 heterocycles. The van der Waals surface area contributed by atoms with Gasteiger partial charge in [-0.2, -0.15) is 0 Å². The molecule has 0 bridgehead atoms. The van der Waals surface area contributed by atoms with E-state index < -0.39 is 0 Å². The summed E-state index contributed by atoms with van der Waals surface area (Å²) in [5.74, 6) is 0. The van der Waals surface area contributed by atoms with Crippen molar-refractivity contribution in [2.75, 3.05) is 0 Å². The van der Waals surface area contributed by atoms with E-state index in [1.165, 1.54) is 10.8 Å². The molecule has 16 aromatic rings. The Morgan fingerprint density at radius 3 is 0.571 bits per heavy atom. The highest BCUT2D eigenvalue weighted by atomic mass is 14.8. The van der Waals surface area contributed by atoms with Crippen molar-refractivity contribution in [2.45, 2.75) is 222 Å². The number of pyridine rings is 12. The maximum absolute atomic E-state index is 4.18. The number of para-hydroxylation sites is 3. The van der Waals surface area contributed by atoms with Gasteiger partial charge >= 0.3 is 0 Å². The summed E-state index contributed by atoms with van der Waals surface area (Å²) < 4.78 is 0. The van der Waals surface area contributed by atoms with Crippen molar-refractivity contribution in [1.82, 2.24) is 69.8 Å². The van der Waals surface area contributed by atoms with Crippen molar-refractivity contribution in [3.05, 3.63) is 305 Å². The molecule has 0 saturated heterocycles. The van der Waals surface area contributed by atoms with Crippen molar-refractivity contribution >= 4 is 87.7 Å². The molecule has 0 radical (unpaired) electrons. The van der Waals surface area contributed by atoms with Crippen molar-refractivity contribution in [1.29, 1.82) is 0 Å². The van der Waals surface area contributed by atoms with Crippen molar-refractivity contribution in [3.63, 3.8) is 0 Å². The summed E-state index contributed by atoms with van der Waals surface area (Å²) in [6.45, 7) is 64.0. The number of hydrogen-bond donors (Lipinski definition) is 0. The van der Waals surface area contributed by atoms with Gasteiger partial charge < -0.3 is 0 Å². The second-order valence-corrected chi connectivity index (χ2v) is 16.7. The predicted molar refractivity (Wildman–Crippen MR) is 502 cm³/mol. The molecule has 0 saturated carbocycles. The van der Waals surface area contributed by atoms with Crippen LogP contribution in [0.2, 0.25) is 0 Å². The van der Waals surface area contributed by atoms with E-state index in [-0.39, 0.29) is 0 Å². The van der Waals surface area contributed by atoms with Gasteiger partial charge in [-0.05, 0) is 146 Å². The number of hydrogen-bond acceptors (Lipinski definition) is 14. The van der Waals surface area contributed by atoms with E-state index >= 15 is 0 Å². The molecule has 0 aliphatic carbocycles. The van der Waals surface area contributed by atoms with E-state index in [1.807, 2.05) is 434 Å². The van der Waals surface area contributed by atoms with Crippen LogP contribution in [0.1, 0.15) is 222 Å². The number of aromatic nitrogens is 14. The monoisotopic (exact) mass is 1520 g/mol. The molecule has 0 unspecified atom stereocenters. The van der Waals surface area contributed by atoms with E-state index in [4.69, 9.17) is 0 Å².